The van der Waals surface area contributed by atoms with Crippen LogP contribution in [0.2, 0.25) is 0 Å². The summed E-state index contributed by atoms with van der Waals surface area (Å²) in [5.41, 5.74) is 0. The van der Waals surface area contributed by atoms with Gasteiger partial charge >= 0.3 is 11.9 Å². The molecule has 1 aliphatic rings. The Kier molecular flexibility index (Phi) is 4.46. The van der Waals surface area contributed by atoms with Crippen molar-refractivity contribution in [2.24, 2.45) is 11.8 Å². The van der Waals surface area contributed by atoms with Gasteiger partial charge in [0, 0.05) is 25.7 Å². The number of ketones is 1. The van der Waals surface area contributed by atoms with Crippen LogP contribution in [0.1, 0.15) is 25.7 Å². The summed E-state index contributed by atoms with van der Waals surface area (Å²) in [6.45, 7) is 0. The number of esters is 2. The Morgan fingerprint density at radius 3 is 1.75 bits per heavy atom. The van der Waals surface area contributed by atoms with Gasteiger partial charge < -0.3 is 9.47 Å². The molecule has 0 heterocycles. The molecule has 0 aliphatic heterocycles. The number of ether oxygens (including phenoxy) is 2. The first kappa shape index (κ1) is 12.7. The Hall–Kier alpha value is -1.39. The molecule has 0 aromatic carbocycles. The van der Waals surface area contributed by atoms with E-state index in [4.69, 9.17) is 0 Å². The van der Waals surface area contributed by atoms with Gasteiger partial charge in [-0.15, -0.1) is 0 Å². The highest BCUT2D eigenvalue weighted by atomic mass is 16.5. The lowest BCUT2D eigenvalue weighted by Gasteiger charge is -2.15. The van der Waals surface area contributed by atoms with E-state index in [9.17, 15) is 14.4 Å². The molecule has 2 unspecified atom stereocenters. The van der Waals surface area contributed by atoms with Crippen molar-refractivity contribution in [3.8, 4) is 0 Å². The molecule has 0 amide bonds. The van der Waals surface area contributed by atoms with Gasteiger partial charge in [-0.2, -0.15) is 0 Å². The van der Waals surface area contributed by atoms with E-state index in [0.717, 1.165) is 0 Å². The monoisotopic (exact) mass is 228 g/mol. The Balaban J connectivity index is 2.55. The molecule has 0 spiro atoms. The highest BCUT2D eigenvalue weighted by Crippen LogP contribution is 2.34. The first-order valence-corrected chi connectivity index (χ1v) is 5.22. The lowest BCUT2D eigenvalue weighted by molar-refractivity contribution is -0.145. The Bertz CT molecular complexity index is 269. The fraction of sp³-hybridized carbons (Fsp3) is 0.727. The third kappa shape index (κ3) is 3.32. The molecule has 90 valence electrons. The van der Waals surface area contributed by atoms with Crippen LogP contribution in [0.4, 0.5) is 0 Å². The van der Waals surface area contributed by atoms with E-state index in [2.05, 4.69) is 9.47 Å². The molecule has 1 aliphatic carbocycles. The molecule has 0 bridgehead atoms. The molecule has 0 N–H and O–H groups in total. The second kappa shape index (κ2) is 5.63. The predicted octanol–water partition coefficient (Wildman–Crippen LogP) is 0.708. The molecule has 5 heteroatoms. The van der Waals surface area contributed by atoms with E-state index in [1.807, 2.05) is 0 Å². The van der Waals surface area contributed by atoms with Crippen molar-refractivity contribution >= 4 is 17.7 Å². The second-order valence-electron chi connectivity index (χ2n) is 4.03. The van der Waals surface area contributed by atoms with E-state index < -0.39 is 0 Å². The van der Waals surface area contributed by atoms with Gasteiger partial charge in [0.25, 0.3) is 0 Å². The first-order valence-electron chi connectivity index (χ1n) is 5.22. The van der Waals surface area contributed by atoms with Gasteiger partial charge in [0.05, 0.1) is 14.2 Å². The number of Topliss-reactive ketones (excluding diaryl/α,β-unsaturated/α-hetero) is 1. The Morgan fingerprint density at radius 1 is 1.06 bits per heavy atom. The maximum Gasteiger partial charge on any atom is 0.305 e. The van der Waals surface area contributed by atoms with Crippen molar-refractivity contribution in [2.45, 2.75) is 25.7 Å². The minimum Gasteiger partial charge on any atom is -0.469 e. The second-order valence-corrected chi connectivity index (χ2v) is 4.03. The van der Waals surface area contributed by atoms with Crippen molar-refractivity contribution in [2.75, 3.05) is 14.2 Å². The van der Waals surface area contributed by atoms with Gasteiger partial charge in [0.1, 0.15) is 5.78 Å². The number of carbonyl (C=O) groups is 3. The van der Waals surface area contributed by atoms with E-state index in [0.29, 0.717) is 12.8 Å². The molecular formula is C11H16O5. The van der Waals surface area contributed by atoms with Gasteiger partial charge in [-0.1, -0.05) is 0 Å². The minimum atomic E-state index is -0.338. The standard InChI is InChI=1S/C11H16O5/c1-15-10(13)5-7-3-9(12)4-8(7)6-11(14)16-2/h7-8H,3-6H2,1-2H3. The van der Waals surface area contributed by atoms with Crippen molar-refractivity contribution < 1.29 is 23.9 Å². The Morgan fingerprint density at radius 2 is 1.44 bits per heavy atom. The van der Waals surface area contributed by atoms with Crippen LogP contribution in [0.25, 0.3) is 0 Å². The van der Waals surface area contributed by atoms with E-state index in [1.165, 1.54) is 14.2 Å². The highest BCUT2D eigenvalue weighted by molar-refractivity contribution is 5.83. The Labute approximate surface area is 94.1 Å². The quantitative estimate of drug-likeness (QED) is 0.663. The van der Waals surface area contributed by atoms with Crippen LogP contribution < -0.4 is 0 Å². The fourth-order valence-electron chi connectivity index (χ4n) is 2.07. The van der Waals surface area contributed by atoms with Gasteiger partial charge in [0.2, 0.25) is 0 Å². The van der Waals surface area contributed by atoms with E-state index in [1.54, 1.807) is 0 Å². The van der Waals surface area contributed by atoms with Crippen LogP contribution in [0.5, 0.6) is 0 Å². The molecule has 0 saturated heterocycles. The number of hydrogen-bond acceptors (Lipinski definition) is 5. The number of carbonyl (C=O) groups excluding carboxylic acids is 3. The topological polar surface area (TPSA) is 69.7 Å². The predicted molar refractivity (Wildman–Crippen MR) is 54.5 cm³/mol. The molecule has 1 rings (SSSR count). The molecule has 0 radical (unpaired) electrons. The van der Waals surface area contributed by atoms with Crippen molar-refractivity contribution in [3.05, 3.63) is 0 Å². The summed E-state index contributed by atoms with van der Waals surface area (Å²) < 4.78 is 9.12. The van der Waals surface area contributed by atoms with Crippen LogP contribution in [-0.2, 0) is 23.9 Å². The van der Waals surface area contributed by atoms with E-state index >= 15 is 0 Å². The van der Waals surface area contributed by atoms with Crippen molar-refractivity contribution in [3.63, 3.8) is 0 Å². The summed E-state index contributed by atoms with van der Waals surface area (Å²) in [5.74, 6) is -0.745. The van der Waals surface area contributed by atoms with Crippen LogP contribution in [0.15, 0.2) is 0 Å². The van der Waals surface area contributed by atoms with Gasteiger partial charge in [-0.05, 0) is 11.8 Å². The average molecular weight is 228 g/mol. The molecule has 1 saturated carbocycles. The maximum atomic E-state index is 11.3. The smallest absolute Gasteiger partial charge is 0.305 e. The zero-order chi connectivity index (χ0) is 12.1. The fourth-order valence-corrected chi connectivity index (χ4v) is 2.07. The summed E-state index contributed by atoms with van der Waals surface area (Å²) in [6, 6.07) is 0. The largest absolute Gasteiger partial charge is 0.469 e. The third-order valence-corrected chi connectivity index (χ3v) is 2.96. The summed E-state index contributed by atoms with van der Waals surface area (Å²) >= 11 is 0. The molecular weight excluding hydrogens is 212 g/mol. The number of methoxy groups -OCH3 is 2. The molecule has 1 fully saturated rings. The molecule has 2 atom stereocenters. The van der Waals surface area contributed by atoms with E-state index in [-0.39, 0.29) is 42.4 Å². The SMILES string of the molecule is COC(=O)CC1CC(=O)CC1CC(=O)OC. The van der Waals surface area contributed by atoms with Crippen molar-refractivity contribution in [1.29, 1.82) is 0 Å². The average Bonchev–Trinajstić information content (AvgIpc) is 2.58. The molecule has 16 heavy (non-hydrogen) atoms. The summed E-state index contributed by atoms with van der Waals surface area (Å²) in [5, 5.41) is 0. The van der Waals surface area contributed by atoms with Crippen LogP contribution in [0.3, 0.4) is 0 Å². The number of hydrogen-bond donors (Lipinski definition) is 0. The molecule has 0 aromatic rings. The van der Waals surface area contributed by atoms with Crippen molar-refractivity contribution in [1.82, 2.24) is 0 Å². The highest BCUT2D eigenvalue weighted by Gasteiger charge is 2.35. The van der Waals surface area contributed by atoms with Crippen LogP contribution in [-0.4, -0.2) is 31.9 Å². The van der Waals surface area contributed by atoms with Gasteiger partial charge in [-0.3, -0.25) is 14.4 Å². The minimum absolute atomic E-state index is 0.0842. The third-order valence-electron chi connectivity index (χ3n) is 2.96. The maximum absolute atomic E-state index is 11.3. The summed E-state index contributed by atoms with van der Waals surface area (Å²) in [4.78, 5) is 33.6. The van der Waals surface area contributed by atoms with Crippen LogP contribution in [0, 0.1) is 11.8 Å². The normalized spacial score (nSPS) is 24.2. The zero-order valence-corrected chi connectivity index (χ0v) is 9.52. The summed E-state index contributed by atoms with van der Waals surface area (Å²) in [6.07, 6.45) is 1.11. The first-order chi connectivity index (χ1) is 7.56. The molecule has 5 nitrogen and oxygen atoms in total. The van der Waals surface area contributed by atoms with Gasteiger partial charge in [0.15, 0.2) is 0 Å². The summed E-state index contributed by atoms with van der Waals surface area (Å²) in [7, 11) is 2.63. The van der Waals surface area contributed by atoms with Gasteiger partial charge in [-0.25, -0.2) is 0 Å². The lowest BCUT2D eigenvalue weighted by atomic mass is 9.90. The zero-order valence-electron chi connectivity index (χ0n) is 9.52. The van der Waals surface area contributed by atoms with Crippen LogP contribution >= 0.6 is 0 Å². The molecule has 0 aromatic heterocycles. The lowest BCUT2D eigenvalue weighted by Crippen LogP contribution is -2.17. The number of rotatable bonds is 4.